The molecule has 10 heteroatoms. The van der Waals surface area contributed by atoms with Crippen molar-refractivity contribution in [3.63, 3.8) is 0 Å². The largest absolute Gasteiger partial charge is 0.503 e. The Morgan fingerprint density at radius 2 is 1.68 bits per heavy atom. The molecule has 0 aliphatic carbocycles. The van der Waals surface area contributed by atoms with Crippen molar-refractivity contribution in [2.24, 2.45) is 5.73 Å². The summed E-state index contributed by atoms with van der Waals surface area (Å²) in [6, 6.07) is 0. The molecular formula is C9H13NO7S2. The Balaban J connectivity index is 5.99. The van der Waals surface area contributed by atoms with E-state index in [9.17, 15) is 26.4 Å². The van der Waals surface area contributed by atoms with Crippen LogP contribution in [0.4, 0.5) is 0 Å². The van der Waals surface area contributed by atoms with E-state index in [0.717, 1.165) is 6.26 Å². The molecule has 0 saturated carbocycles. The molecule has 0 aromatic carbocycles. The van der Waals surface area contributed by atoms with E-state index in [0.29, 0.717) is 18.4 Å². The molecule has 0 saturated heterocycles. The Labute approximate surface area is 110 Å². The second-order valence-corrected chi connectivity index (χ2v) is 7.88. The van der Waals surface area contributed by atoms with E-state index in [4.69, 9.17) is 10.8 Å². The fraction of sp³-hybridized carbons (Fsp3) is 0.333. The number of aldehydes is 1. The van der Waals surface area contributed by atoms with Crippen molar-refractivity contribution in [2.45, 2.75) is 5.25 Å². The molecule has 0 fully saturated rings. The van der Waals surface area contributed by atoms with Gasteiger partial charge in [0.2, 0.25) is 0 Å². The van der Waals surface area contributed by atoms with Gasteiger partial charge in [0.25, 0.3) is 5.91 Å². The predicted molar refractivity (Wildman–Crippen MR) is 67.5 cm³/mol. The number of allylic oxidation sites excluding steroid dienone is 1. The summed E-state index contributed by atoms with van der Waals surface area (Å²) in [6.45, 7) is 0. The van der Waals surface area contributed by atoms with Crippen molar-refractivity contribution in [1.82, 2.24) is 0 Å². The monoisotopic (exact) mass is 311 g/mol. The average Bonchev–Trinajstić information content (AvgIpc) is 2.19. The van der Waals surface area contributed by atoms with E-state index in [1.54, 1.807) is 0 Å². The van der Waals surface area contributed by atoms with Gasteiger partial charge in [-0.15, -0.1) is 0 Å². The van der Waals surface area contributed by atoms with Crippen LogP contribution >= 0.6 is 0 Å². The number of amides is 1. The van der Waals surface area contributed by atoms with Crippen LogP contribution in [0.1, 0.15) is 0 Å². The SMILES string of the molecule is CS(=O)(=O)C(C=C(O)C(N)=O)=CC(C=O)S(C)(=O)=O. The van der Waals surface area contributed by atoms with Gasteiger partial charge in [0, 0.05) is 18.6 Å². The lowest BCUT2D eigenvalue weighted by Crippen LogP contribution is -2.21. The second-order valence-electron chi connectivity index (χ2n) is 3.67. The minimum Gasteiger partial charge on any atom is -0.503 e. The lowest BCUT2D eigenvalue weighted by atomic mass is 10.3. The number of carbonyl (C=O) groups is 2. The van der Waals surface area contributed by atoms with E-state index in [1.165, 1.54) is 0 Å². The Morgan fingerprint density at radius 1 is 1.21 bits per heavy atom. The molecule has 19 heavy (non-hydrogen) atoms. The quantitative estimate of drug-likeness (QED) is 0.261. The minimum atomic E-state index is -3.97. The Bertz CT molecular complexity index is 640. The molecule has 0 aliphatic rings. The van der Waals surface area contributed by atoms with Gasteiger partial charge in [-0.05, 0) is 6.08 Å². The van der Waals surface area contributed by atoms with Gasteiger partial charge in [-0.2, -0.15) is 0 Å². The summed E-state index contributed by atoms with van der Waals surface area (Å²) in [4.78, 5) is 20.5. The molecule has 0 bridgehead atoms. The summed E-state index contributed by atoms with van der Waals surface area (Å²) in [7, 11) is -7.83. The summed E-state index contributed by atoms with van der Waals surface area (Å²) < 4.78 is 45.2. The highest BCUT2D eigenvalue weighted by Gasteiger charge is 2.21. The van der Waals surface area contributed by atoms with Gasteiger partial charge >= 0.3 is 0 Å². The molecule has 0 aromatic heterocycles. The standard InChI is InChI=1S/C9H13NO7S2/c1-18(14,15)6(4-8(12)9(10)13)3-7(5-11)19(2,16)17/h3-5,7,12H,1-2H3,(H2,10,13). The third-order valence-corrected chi connectivity index (χ3v) is 4.26. The summed E-state index contributed by atoms with van der Waals surface area (Å²) in [5.41, 5.74) is 4.71. The summed E-state index contributed by atoms with van der Waals surface area (Å²) in [5, 5.41) is 7.38. The highest BCUT2D eigenvalue weighted by molar-refractivity contribution is 7.95. The van der Waals surface area contributed by atoms with E-state index in [2.05, 4.69) is 0 Å². The van der Waals surface area contributed by atoms with E-state index < -0.39 is 41.5 Å². The van der Waals surface area contributed by atoms with Crippen molar-refractivity contribution < 1.29 is 31.5 Å². The molecule has 0 rings (SSSR count). The molecule has 1 amide bonds. The first-order valence-corrected chi connectivity index (χ1v) is 8.50. The zero-order valence-corrected chi connectivity index (χ0v) is 11.7. The zero-order valence-electron chi connectivity index (χ0n) is 10.1. The first-order valence-electron chi connectivity index (χ1n) is 4.66. The summed E-state index contributed by atoms with van der Waals surface area (Å²) >= 11 is 0. The maximum absolute atomic E-state index is 11.4. The first-order chi connectivity index (χ1) is 8.39. The van der Waals surface area contributed by atoms with Gasteiger partial charge in [-0.1, -0.05) is 0 Å². The summed E-state index contributed by atoms with van der Waals surface area (Å²) in [5.74, 6) is -2.37. The van der Waals surface area contributed by atoms with E-state index in [1.807, 2.05) is 0 Å². The number of sulfone groups is 2. The van der Waals surface area contributed by atoms with Crippen molar-refractivity contribution >= 4 is 31.9 Å². The molecule has 108 valence electrons. The molecule has 3 N–H and O–H groups in total. The van der Waals surface area contributed by atoms with Crippen LogP contribution in [0.2, 0.25) is 0 Å². The van der Waals surface area contributed by atoms with Crippen LogP contribution in [0.25, 0.3) is 0 Å². The summed E-state index contributed by atoms with van der Waals surface area (Å²) in [6.07, 6.45) is 2.57. The van der Waals surface area contributed by atoms with Crippen LogP contribution in [0, 0.1) is 0 Å². The highest BCUT2D eigenvalue weighted by Crippen LogP contribution is 2.12. The maximum atomic E-state index is 11.4. The Morgan fingerprint density at radius 3 is 1.95 bits per heavy atom. The lowest BCUT2D eigenvalue weighted by molar-refractivity contribution is -0.116. The molecule has 8 nitrogen and oxygen atoms in total. The van der Waals surface area contributed by atoms with Crippen LogP contribution < -0.4 is 5.73 Å². The molecule has 0 aliphatic heterocycles. The van der Waals surface area contributed by atoms with E-state index >= 15 is 0 Å². The molecule has 0 aromatic rings. The number of aliphatic hydroxyl groups excluding tert-OH is 1. The number of hydrogen-bond acceptors (Lipinski definition) is 7. The number of nitrogens with two attached hydrogens (primary N) is 1. The first kappa shape index (κ1) is 17.3. The van der Waals surface area contributed by atoms with Gasteiger partial charge in [0.1, 0.15) is 11.5 Å². The number of aliphatic hydroxyl groups is 1. The molecule has 1 unspecified atom stereocenters. The third kappa shape index (κ3) is 5.66. The normalized spacial score (nSPS) is 15.9. The number of rotatable bonds is 6. The van der Waals surface area contributed by atoms with Gasteiger partial charge < -0.3 is 15.6 Å². The van der Waals surface area contributed by atoms with Gasteiger partial charge in [0.15, 0.2) is 25.4 Å². The molecule has 0 spiro atoms. The van der Waals surface area contributed by atoms with Crippen LogP contribution in [0.5, 0.6) is 0 Å². The molecule has 1 atom stereocenters. The van der Waals surface area contributed by atoms with Crippen LogP contribution in [-0.2, 0) is 29.3 Å². The van der Waals surface area contributed by atoms with Crippen LogP contribution in [0.15, 0.2) is 22.8 Å². The second kappa shape index (κ2) is 5.97. The van der Waals surface area contributed by atoms with Gasteiger partial charge in [-0.3, -0.25) is 4.79 Å². The number of carbonyl (C=O) groups excluding carboxylic acids is 2. The van der Waals surface area contributed by atoms with Crippen LogP contribution in [-0.4, -0.2) is 51.9 Å². The average molecular weight is 311 g/mol. The third-order valence-electron chi connectivity index (χ3n) is 1.92. The topological polar surface area (TPSA) is 149 Å². The number of hydrogen-bond donors (Lipinski definition) is 2. The Hall–Kier alpha value is -1.68. The van der Waals surface area contributed by atoms with E-state index in [-0.39, 0.29) is 6.29 Å². The zero-order chi connectivity index (χ0) is 15.4. The highest BCUT2D eigenvalue weighted by atomic mass is 32.2. The number of primary amides is 1. The maximum Gasteiger partial charge on any atom is 0.283 e. The van der Waals surface area contributed by atoms with Crippen molar-refractivity contribution in [1.29, 1.82) is 0 Å². The van der Waals surface area contributed by atoms with Crippen molar-refractivity contribution in [3.05, 3.63) is 22.8 Å². The molecular weight excluding hydrogens is 298 g/mol. The van der Waals surface area contributed by atoms with Crippen LogP contribution in [0.3, 0.4) is 0 Å². The lowest BCUT2D eigenvalue weighted by Gasteiger charge is -2.05. The van der Waals surface area contributed by atoms with Gasteiger partial charge in [0.05, 0.1) is 4.91 Å². The van der Waals surface area contributed by atoms with Crippen molar-refractivity contribution in [2.75, 3.05) is 12.5 Å². The molecule has 0 heterocycles. The molecule has 0 radical (unpaired) electrons. The van der Waals surface area contributed by atoms with Gasteiger partial charge in [-0.25, -0.2) is 16.8 Å². The smallest absolute Gasteiger partial charge is 0.283 e. The Kier molecular flexibility index (Phi) is 5.45. The van der Waals surface area contributed by atoms with Crippen molar-refractivity contribution in [3.8, 4) is 0 Å². The fourth-order valence-corrected chi connectivity index (χ4v) is 2.31. The predicted octanol–water partition coefficient (Wildman–Crippen LogP) is -1.55. The fourth-order valence-electron chi connectivity index (χ4n) is 0.910. The minimum absolute atomic E-state index is 0.0235.